The first kappa shape index (κ1) is 10.5. The number of hydrogen-bond acceptors (Lipinski definition) is 3. The number of nitrogens with zero attached hydrogens (tertiary/aromatic N) is 1. The number of likely N-dealkylation sites (N-methyl/N-ethyl adjacent to an activating group) is 1. The summed E-state index contributed by atoms with van der Waals surface area (Å²) in [6, 6.07) is -0.0229. The smallest absolute Gasteiger partial charge is 0.239 e. The van der Waals surface area contributed by atoms with Crippen LogP contribution < -0.4 is 5.32 Å². The second-order valence-electron chi connectivity index (χ2n) is 3.49. The number of rotatable bonds is 3. The molecule has 1 aliphatic heterocycles. The Hall–Kier alpha value is -0.610. The van der Waals surface area contributed by atoms with Crippen LogP contribution in [-0.4, -0.2) is 48.7 Å². The molecule has 1 aliphatic rings. The fourth-order valence-corrected chi connectivity index (χ4v) is 1.59. The number of aliphatic hydroxyl groups excluding tert-OH is 1. The zero-order valence-electron chi connectivity index (χ0n) is 8.12. The van der Waals surface area contributed by atoms with Gasteiger partial charge in [-0.05, 0) is 19.4 Å². The maximum Gasteiger partial charge on any atom is 0.239 e. The molecule has 0 bridgehead atoms. The van der Waals surface area contributed by atoms with Crippen LogP contribution in [-0.2, 0) is 4.79 Å². The molecule has 0 aromatic heterocycles. The van der Waals surface area contributed by atoms with Crippen LogP contribution in [0.1, 0.15) is 19.3 Å². The van der Waals surface area contributed by atoms with Crippen molar-refractivity contribution in [3.63, 3.8) is 0 Å². The first-order valence-electron chi connectivity index (χ1n) is 4.85. The van der Waals surface area contributed by atoms with E-state index in [0.717, 1.165) is 25.8 Å². The molecule has 76 valence electrons. The van der Waals surface area contributed by atoms with E-state index in [9.17, 15) is 4.79 Å². The van der Waals surface area contributed by atoms with Gasteiger partial charge in [0.05, 0.1) is 12.6 Å². The van der Waals surface area contributed by atoms with Crippen molar-refractivity contribution >= 4 is 5.91 Å². The van der Waals surface area contributed by atoms with Gasteiger partial charge in [0.1, 0.15) is 0 Å². The van der Waals surface area contributed by atoms with E-state index < -0.39 is 0 Å². The molecule has 1 atom stereocenters. The van der Waals surface area contributed by atoms with Crippen molar-refractivity contribution in [3.05, 3.63) is 0 Å². The van der Waals surface area contributed by atoms with E-state index in [4.69, 9.17) is 5.11 Å². The Balaban J connectivity index is 2.36. The molecule has 4 heteroatoms. The maximum absolute atomic E-state index is 11.6. The van der Waals surface area contributed by atoms with Crippen molar-refractivity contribution in [2.24, 2.45) is 0 Å². The lowest BCUT2D eigenvalue weighted by Gasteiger charge is -2.26. The van der Waals surface area contributed by atoms with E-state index >= 15 is 0 Å². The average molecular weight is 186 g/mol. The van der Waals surface area contributed by atoms with E-state index in [1.54, 1.807) is 11.9 Å². The summed E-state index contributed by atoms with van der Waals surface area (Å²) in [5.74, 6) is 0.105. The molecule has 0 saturated carbocycles. The Bertz CT molecular complexity index is 167. The molecule has 1 saturated heterocycles. The number of piperidine rings is 1. The molecule has 4 nitrogen and oxygen atoms in total. The lowest BCUT2D eigenvalue weighted by atomic mass is 10.0. The SMILES string of the molecule is CN(CCO)C(=O)C1CCCCN1. The largest absolute Gasteiger partial charge is 0.395 e. The molecule has 1 unspecified atom stereocenters. The standard InChI is InChI=1S/C9H18N2O2/c1-11(6-7-12)9(13)8-4-2-3-5-10-8/h8,10,12H,2-7H2,1H3. The molecule has 1 rings (SSSR count). The van der Waals surface area contributed by atoms with Gasteiger partial charge < -0.3 is 15.3 Å². The van der Waals surface area contributed by atoms with Crippen LogP contribution in [0, 0.1) is 0 Å². The van der Waals surface area contributed by atoms with Gasteiger partial charge in [-0.3, -0.25) is 4.79 Å². The van der Waals surface area contributed by atoms with Crippen molar-refractivity contribution in [1.29, 1.82) is 0 Å². The summed E-state index contributed by atoms with van der Waals surface area (Å²) in [5.41, 5.74) is 0. The summed E-state index contributed by atoms with van der Waals surface area (Å²) in [6.45, 7) is 1.40. The van der Waals surface area contributed by atoms with Gasteiger partial charge in [0.2, 0.25) is 5.91 Å². The Morgan fingerprint density at radius 2 is 2.38 bits per heavy atom. The Kier molecular flexibility index (Phi) is 4.18. The summed E-state index contributed by atoms with van der Waals surface area (Å²) in [4.78, 5) is 13.2. The molecular formula is C9H18N2O2. The highest BCUT2D eigenvalue weighted by Gasteiger charge is 2.22. The van der Waals surface area contributed by atoms with Gasteiger partial charge in [0.15, 0.2) is 0 Å². The fourth-order valence-electron chi connectivity index (χ4n) is 1.59. The van der Waals surface area contributed by atoms with Crippen LogP contribution in [0.15, 0.2) is 0 Å². The molecule has 2 N–H and O–H groups in total. The first-order valence-corrected chi connectivity index (χ1v) is 4.85. The van der Waals surface area contributed by atoms with Crippen LogP contribution in [0.3, 0.4) is 0 Å². The quantitative estimate of drug-likeness (QED) is 0.629. The van der Waals surface area contributed by atoms with Crippen LogP contribution in [0.5, 0.6) is 0 Å². The number of aliphatic hydroxyl groups is 1. The highest BCUT2D eigenvalue weighted by molar-refractivity contribution is 5.81. The van der Waals surface area contributed by atoms with Crippen LogP contribution in [0.4, 0.5) is 0 Å². The van der Waals surface area contributed by atoms with Gasteiger partial charge in [-0.15, -0.1) is 0 Å². The second kappa shape index (κ2) is 5.19. The van der Waals surface area contributed by atoms with Crippen molar-refractivity contribution in [2.45, 2.75) is 25.3 Å². The summed E-state index contributed by atoms with van der Waals surface area (Å²) in [5, 5.41) is 11.9. The van der Waals surface area contributed by atoms with Crippen LogP contribution in [0.25, 0.3) is 0 Å². The van der Waals surface area contributed by atoms with Gasteiger partial charge in [-0.1, -0.05) is 6.42 Å². The second-order valence-corrected chi connectivity index (χ2v) is 3.49. The third-order valence-electron chi connectivity index (χ3n) is 2.42. The predicted molar refractivity (Wildman–Crippen MR) is 50.4 cm³/mol. The zero-order valence-corrected chi connectivity index (χ0v) is 8.12. The van der Waals surface area contributed by atoms with E-state index in [0.29, 0.717) is 6.54 Å². The van der Waals surface area contributed by atoms with Crippen molar-refractivity contribution in [2.75, 3.05) is 26.7 Å². The third-order valence-corrected chi connectivity index (χ3v) is 2.42. The topological polar surface area (TPSA) is 52.6 Å². The van der Waals surface area contributed by atoms with Gasteiger partial charge >= 0.3 is 0 Å². The van der Waals surface area contributed by atoms with Gasteiger partial charge in [-0.2, -0.15) is 0 Å². The molecule has 1 heterocycles. The Labute approximate surface area is 78.9 Å². The number of nitrogens with one attached hydrogen (secondary N) is 1. The molecule has 0 aromatic carbocycles. The Morgan fingerprint density at radius 3 is 2.92 bits per heavy atom. The monoisotopic (exact) mass is 186 g/mol. The average Bonchev–Trinajstić information content (AvgIpc) is 2.18. The Morgan fingerprint density at radius 1 is 1.62 bits per heavy atom. The minimum Gasteiger partial charge on any atom is -0.395 e. The van der Waals surface area contributed by atoms with Gasteiger partial charge in [-0.25, -0.2) is 0 Å². The zero-order chi connectivity index (χ0) is 9.68. The number of amides is 1. The molecule has 0 aliphatic carbocycles. The highest BCUT2D eigenvalue weighted by Crippen LogP contribution is 2.08. The molecule has 0 radical (unpaired) electrons. The number of carbonyl (C=O) groups excluding carboxylic acids is 1. The van der Waals surface area contributed by atoms with Crippen LogP contribution >= 0.6 is 0 Å². The normalized spacial score (nSPS) is 22.8. The highest BCUT2D eigenvalue weighted by atomic mass is 16.3. The number of hydrogen-bond donors (Lipinski definition) is 2. The summed E-state index contributed by atoms with van der Waals surface area (Å²) in [7, 11) is 1.73. The van der Waals surface area contributed by atoms with Crippen molar-refractivity contribution < 1.29 is 9.90 Å². The maximum atomic E-state index is 11.6. The van der Waals surface area contributed by atoms with Crippen molar-refractivity contribution in [3.8, 4) is 0 Å². The molecule has 1 fully saturated rings. The molecule has 0 spiro atoms. The van der Waals surface area contributed by atoms with E-state index in [2.05, 4.69) is 5.32 Å². The minimum atomic E-state index is -0.0229. The summed E-state index contributed by atoms with van der Waals surface area (Å²) < 4.78 is 0. The molecule has 1 amide bonds. The fraction of sp³-hybridized carbons (Fsp3) is 0.889. The van der Waals surface area contributed by atoms with Gasteiger partial charge in [0.25, 0.3) is 0 Å². The predicted octanol–water partition coefficient (Wildman–Crippen LogP) is -0.421. The van der Waals surface area contributed by atoms with Gasteiger partial charge in [0, 0.05) is 13.6 Å². The first-order chi connectivity index (χ1) is 6.25. The molecular weight excluding hydrogens is 168 g/mol. The lowest BCUT2D eigenvalue weighted by molar-refractivity contribution is -0.133. The van der Waals surface area contributed by atoms with E-state index in [-0.39, 0.29) is 18.6 Å². The molecule has 0 aromatic rings. The summed E-state index contributed by atoms with van der Waals surface area (Å²) in [6.07, 6.45) is 3.21. The lowest BCUT2D eigenvalue weighted by Crippen LogP contribution is -2.47. The number of carbonyl (C=O) groups is 1. The van der Waals surface area contributed by atoms with Crippen molar-refractivity contribution in [1.82, 2.24) is 10.2 Å². The van der Waals surface area contributed by atoms with E-state index in [1.165, 1.54) is 0 Å². The summed E-state index contributed by atoms with van der Waals surface area (Å²) >= 11 is 0. The van der Waals surface area contributed by atoms with Crippen LogP contribution in [0.2, 0.25) is 0 Å². The molecule has 13 heavy (non-hydrogen) atoms. The minimum absolute atomic E-state index is 0.0229. The third kappa shape index (κ3) is 2.97. The van der Waals surface area contributed by atoms with E-state index in [1.807, 2.05) is 0 Å².